The molecule has 1 heterocycles. The maximum absolute atomic E-state index is 10.7. The Morgan fingerprint density at radius 1 is 1.54 bits per heavy atom. The Morgan fingerprint density at radius 3 is 3.00 bits per heavy atom. The Kier molecular flexibility index (Phi) is 1.55. The molecule has 0 aliphatic heterocycles. The van der Waals surface area contributed by atoms with E-state index >= 15 is 0 Å². The molecule has 0 atom stereocenters. The van der Waals surface area contributed by atoms with Crippen molar-refractivity contribution < 1.29 is 14.4 Å². The first-order valence-electron chi connectivity index (χ1n) is 3.78. The van der Waals surface area contributed by atoms with Crippen molar-refractivity contribution in [2.45, 2.75) is 6.92 Å². The van der Waals surface area contributed by atoms with Crippen molar-refractivity contribution in [3.63, 3.8) is 0 Å². The number of aryl methyl sites for hydroxylation is 1. The largest absolute Gasteiger partial charge is 0.478 e. The van der Waals surface area contributed by atoms with Crippen molar-refractivity contribution in [3.8, 4) is 0 Å². The Balaban J connectivity index is 2.84. The molecule has 0 spiro atoms. The number of aromatic nitrogens is 1. The number of carboxylic acid groups (broad SMARTS) is 1. The van der Waals surface area contributed by atoms with E-state index in [0.29, 0.717) is 11.3 Å². The standard InChI is InChI=1S/C9H7NO3/c1-5-6-3-2-4-7(9(11)12)8(6)13-10-5/h2-4H,1H3,(H,11,12). The van der Waals surface area contributed by atoms with Crippen LogP contribution in [0.4, 0.5) is 0 Å². The zero-order valence-electron chi connectivity index (χ0n) is 6.94. The van der Waals surface area contributed by atoms with E-state index in [2.05, 4.69) is 5.16 Å². The molecular weight excluding hydrogens is 170 g/mol. The molecule has 2 rings (SSSR count). The SMILES string of the molecule is Cc1noc2c(C(=O)O)cccc12. The van der Waals surface area contributed by atoms with Gasteiger partial charge in [0.1, 0.15) is 5.56 Å². The molecular formula is C9H7NO3. The third-order valence-corrected chi connectivity index (χ3v) is 1.91. The van der Waals surface area contributed by atoms with Crippen molar-refractivity contribution in [2.75, 3.05) is 0 Å². The van der Waals surface area contributed by atoms with Crippen molar-refractivity contribution in [1.29, 1.82) is 0 Å². The van der Waals surface area contributed by atoms with E-state index in [1.807, 2.05) is 0 Å². The summed E-state index contributed by atoms with van der Waals surface area (Å²) in [4.78, 5) is 10.7. The minimum absolute atomic E-state index is 0.151. The molecule has 0 bridgehead atoms. The van der Waals surface area contributed by atoms with Gasteiger partial charge in [-0.3, -0.25) is 0 Å². The van der Waals surface area contributed by atoms with Gasteiger partial charge in [-0.2, -0.15) is 0 Å². The minimum atomic E-state index is -0.998. The molecule has 0 radical (unpaired) electrons. The molecule has 4 nitrogen and oxygen atoms in total. The maximum atomic E-state index is 10.7. The van der Waals surface area contributed by atoms with Gasteiger partial charge in [0.2, 0.25) is 0 Å². The van der Waals surface area contributed by atoms with Crippen LogP contribution < -0.4 is 0 Å². The first kappa shape index (κ1) is 7.79. The summed E-state index contributed by atoms with van der Waals surface area (Å²) in [5, 5.41) is 13.3. The van der Waals surface area contributed by atoms with E-state index in [4.69, 9.17) is 9.63 Å². The summed E-state index contributed by atoms with van der Waals surface area (Å²) in [5.41, 5.74) is 1.20. The van der Waals surface area contributed by atoms with E-state index in [1.165, 1.54) is 6.07 Å². The lowest BCUT2D eigenvalue weighted by atomic mass is 10.1. The number of hydrogen-bond donors (Lipinski definition) is 1. The molecule has 2 aromatic rings. The van der Waals surface area contributed by atoms with Crippen LogP contribution in [0, 0.1) is 6.92 Å². The number of carbonyl (C=O) groups is 1. The van der Waals surface area contributed by atoms with Crippen molar-refractivity contribution in [2.24, 2.45) is 0 Å². The van der Waals surface area contributed by atoms with E-state index in [-0.39, 0.29) is 5.56 Å². The number of benzene rings is 1. The van der Waals surface area contributed by atoms with Crippen molar-refractivity contribution >= 4 is 16.9 Å². The minimum Gasteiger partial charge on any atom is -0.478 e. The highest BCUT2D eigenvalue weighted by molar-refractivity contribution is 6.01. The van der Waals surface area contributed by atoms with Crippen LogP contribution in [0.2, 0.25) is 0 Å². The van der Waals surface area contributed by atoms with Gasteiger partial charge < -0.3 is 9.63 Å². The van der Waals surface area contributed by atoms with E-state index in [1.54, 1.807) is 19.1 Å². The van der Waals surface area contributed by atoms with E-state index in [9.17, 15) is 4.79 Å². The summed E-state index contributed by atoms with van der Waals surface area (Å²) in [6.07, 6.45) is 0. The van der Waals surface area contributed by atoms with Crippen LogP contribution in [-0.4, -0.2) is 16.2 Å². The second kappa shape index (κ2) is 2.58. The molecule has 0 aliphatic carbocycles. The van der Waals surface area contributed by atoms with Gasteiger partial charge in [-0.05, 0) is 19.1 Å². The first-order valence-corrected chi connectivity index (χ1v) is 3.78. The third-order valence-electron chi connectivity index (χ3n) is 1.91. The summed E-state index contributed by atoms with van der Waals surface area (Å²) in [7, 11) is 0. The monoisotopic (exact) mass is 177 g/mol. The van der Waals surface area contributed by atoms with Crippen LogP contribution in [0.3, 0.4) is 0 Å². The quantitative estimate of drug-likeness (QED) is 0.721. The Bertz CT molecular complexity index is 473. The second-order valence-corrected chi connectivity index (χ2v) is 2.76. The highest BCUT2D eigenvalue weighted by atomic mass is 16.5. The molecule has 13 heavy (non-hydrogen) atoms. The lowest BCUT2D eigenvalue weighted by Crippen LogP contribution is -1.95. The third kappa shape index (κ3) is 1.07. The van der Waals surface area contributed by atoms with E-state index in [0.717, 1.165) is 5.39 Å². The fraction of sp³-hybridized carbons (Fsp3) is 0.111. The molecule has 0 aliphatic rings. The highest BCUT2D eigenvalue weighted by Gasteiger charge is 2.13. The highest BCUT2D eigenvalue weighted by Crippen LogP contribution is 2.21. The van der Waals surface area contributed by atoms with E-state index < -0.39 is 5.97 Å². The number of rotatable bonds is 1. The average Bonchev–Trinajstić information content (AvgIpc) is 2.48. The normalized spacial score (nSPS) is 10.5. The lowest BCUT2D eigenvalue weighted by Gasteiger charge is -1.92. The predicted octanol–water partition coefficient (Wildman–Crippen LogP) is 1.83. The molecule has 0 saturated heterocycles. The summed E-state index contributed by atoms with van der Waals surface area (Å²) in [5.74, 6) is -0.998. The Hall–Kier alpha value is -1.84. The molecule has 1 aromatic carbocycles. The Labute approximate surface area is 73.8 Å². The average molecular weight is 177 g/mol. The van der Waals surface area contributed by atoms with Crippen molar-refractivity contribution in [3.05, 3.63) is 29.5 Å². The number of aromatic carboxylic acids is 1. The lowest BCUT2D eigenvalue weighted by molar-refractivity contribution is 0.0697. The molecule has 1 aromatic heterocycles. The van der Waals surface area contributed by atoms with Crippen molar-refractivity contribution in [1.82, 2.24) is 5.16 Å². The van der Waals surface area contributed by atoms with Crippen LogP contribution in [0.5, 0.6) is 0 Å². The summed E-state index contributed by atoms with van der Waals surface area (Å²) in [6, 6.07) is 4.96. The van der Waals surface area contributed by atoms with Gasteiger partial charge in [-0.25, -0.2) is 4.79 Å². The number of fused-ring (bicyclic) bond motifs is 1. The van der Waals surface area contributed by atoms with Gasteiger partial charge in [0.25, 0.3) is 0 Å². The van der Waals surface area contributed by atoms with Gasteiger partial charge in [0, 0.05) is 5.39 Å². The molecule has 0 fully saturated rings. The zero-order valence-corrected chi connectivity index (χ0v) is 6.94. The van der Waals surface area contributed by atoms with Crippen LogP contribution in [0.1, 0.15) is 16.1 Å². The number of para-hydroxylation sites is 1. The fourth-order valence-electron chi connectivity index (χ4n) is 1.25. The van der Waals surface area contributed by atoms with Crippen LogP contribution in [0.25, 0.3) is 11.0 Å². The van der Waals surface area contributed by atoms with Gasteiger partial charge in [-0.1, -0.05) is 11.2 Å². The van der Waals surface area contributed by atoms with Crippen LogP contribution >= 0.6 is 0 Å². The molecule has 4 heteroatoms. The predicted molar refractivity (Wildman–Crippen MR) is 45.7 cm³/mol. The molecule has 0 saturated carbocycles. The van der Waals surface area contributed by atoms with Gasteiger partial charge >= 0.3 is 5.97 Å². The molecule has 66 valence electrons. The van der Waals surface area contributed by atoms with Gasteiger partial charge in [0.15, 0.2) is 5.58 Å². The van der Waals surface area contributed by atoms with Gasteiger partial charge in [-0.15, -0.1) is 0 Å². The van der Waals surface area contributed by atoms with Gasteiger partial charge in [0.05, 0.1) is 5.69 Å². The Morgan fingerprint density at radius 2 is 2.31 bits per heavy atom. The maximum Gasteiger partial charge on any atom is 0.339 e. The molecule has 0 amide bonds. The summed E-state index contributed by atoms with van der Waals surface area (Å²) in [6.45, 7) is 1.78. The smallest absolute Gasteiger partial charge is 0.339 e. The number of carboxylic acids is 1. The number of nitrogens with zero attached hydrogens (tertiary/aromatic N) is 1. The number of hydrogen-bond acceptors (Lipinski definition) is 3. The second-order valence-electron chi connectivity index (χ2n) is 2.76. The molecule has 1 N–H and O–H groups in total. The van der Waals surface area contributed by atoms with Crippen LogP contribution in [0.15, 0.2) is 22.7 Å². The summed E-state index contributed by atoms with van der Waals surface area (Å²) >= 11 is 0. The summed E-state index contributed by atoms with van der Waals surface area (Å²) < 4.78 is 4.91. The fourth-order valence-corrected chi connectivity index (χ4v) is 1.25. The zero-order chi connectivity index (χ0) is 9.42. The first-order chi connectivity index (χ1) is 6.20. The topological polar surface area (TPSA) is 63.3 Å². The molecule has 0 unspecified atom stereocenters. The van der Waals surface area contributed by atoms with Crippen LogP contribution in [-0.2, 0) is 0 Å².